The fourth-order valence-corrected chi connectivity index (χ4v) is 5.69. The van der Waals surface area contributed by atoms with Crippen LogP contribution in [0.5, 0.6) is 0 Å². The van der Waals surface area contributed by atoms with Crippen molar-refractivity contribution in [3.63, 3.8) is 0 Å². The molecule has 1 saturated heterocycles. The fraction of sp³-hybridized carbons (Fsp3) is 0.350. The highest BCUT2D eigenvalue weighted by molar-refractivity contribution is 7.11. The van der Waals surface area contributed by atoms with Gasteiger partial charge >= 0.3 is 0 Å². The molecule has 1 aromatic carbocycles. The molecule has 1 saturated carbocycles. The van der Waals surface area contributed by atoms with Crippen molar-refractivity contribution in [2.24, 2.45) is 5.41 Å². The zero-order chi connectivity index (χ0) is 19.5. The molecule has 0 unspecified atom stereocenters. The molecule has 1 atom stereocenters. The summed E-state index contributed by atoms with van der Waals surface area (Å²) in [7, 11) is 2.09. The van der Waals surface area contributed by atoms with E-state index in [0.29, 0.717) is 15.7 Å². The predicted octanol–water partition coefficient (Wildman–Crippen LogP) is 3.99. The van der Waals surface area contributed by atoms with Crippen LogP contribution >= 0.6 is 23.1 Å². The third-order valence-electron chi connectivity index (χ3n) is 5.87. The third-order valence-corrected chi connectivity index (χ3v) is 7.29. The molecule has 2 aliphatic rings. The number of halogens is 1. The van der Waals surface area contributed by atoms with Crippen molar-refractivity contribution in [3.8, 4) is 6.07 Å². The second-order valence-corrected chi connectivity index (χ2v) is 9.12. The van der Waals surface area contributed by atoms with Crippen LogP contribution in [-0.4, -0.2) is 34.0 Å². The Hall–Kier alpha value is -2.40. The number of likely N-dealkylation sites (N-methyl/N-ethyl adjacent to an activating group) is 1. The number of hydrogen-bond donors (Lipinski definition) is 1. The number of likely N-dealkylation sites (tertiary alicyclic amines) is 1. The molecule has 8 heteroatoms. The average Bonchev–Trinajstić information content (AvgIpc) is 3.28. The van der Waals surface area contributed by atoms with Gasteiger partial charge in [-0.05, 0) is 55.7 Å². The number of hydrogen-bond acceptors (Lipinski definition) is 6. The summed E-state index contributed by atoms with van der Waals surface area (Å²) in [6.07, 6.45) is 4.00. The van der Waals surface area contributed by atoms with Crippen molar-refractivity contribution in [1.82, 2.24) is 13.8 Å². The van der Waals surface area contributed by atoms with Crippen LogP contribution in [0.4, 0.5) is 10.7 Å². The molecule has 142 valence electrons. The van der Waals surface area contributed by atoms with Gasteiger partial charge in [0.25, 0.3) is 5.56 Å². The minimum absolute atomic E-state index is 0.127. The molecule has 28 heavy (non-hydrogen) atoms. The van der Waals surface area contributed by atoms with Gasteiger partial charge in [-0.2, -0.15) is 5.26 Å². The van der Waals surface area contributed by atoms with Crippen LogP contribution < -0.4 is 10.9 Å². The summed E-state index contributed by atoms with van der Waals surface area (Å²) in [6, 6.07) is 9.62. The summed E-state index contributed by atoms with van der Waals surface area (Å²) in [6.45, 7) is 1.84. The standard InChI is InChI=1S/C20H18ClN5OS/c1-25-10-16(20(11-25)6-7-20)26-19(27)13(9-22)18(28-26)24-17-12-3-2-8-23-15(12)5-4-14(17)21/h2-5,8,16,24H,6-7,10-11H2,1H3/t16-/m1/s1. The van der Waals surface area contributed by atoms with E-state index in [1.807, 2.05) is 18.2 Å². The van der Waals surface area contributed by atoms with Crippen molar-refractivity contribution in [2.75, 3.05) is 25.5 Å². The third kappa shape index (κ3) is 2.64. The highest BCUT2D eigenvalue weighted by Crippen LogP contribution is 2.58. The number of benzene rings is 1. The molecule has 3 heterocycles. The normalized spacial score (nSPS) is 20.5. The van der Waals surface area contributed by atoms with Gasteiger partial charge in [0.2, 0.25) is 0 Å². The van der Waals surface area contributed by atoms with Crippen LogP contribution in [0.1, 0.15) is 24.4 Å². The minimum Gasteiger partial charge on any atom is -0.343 e. The molecule has 1 aliphatic carbocycles. The van der Waals surface area contributed by atoms with E-state index >= 15 is 0 Å². The average molecular weight is 412 g/mol. The molecule has 1 aliphatic heterocycles. The van der Waals surface area contributed by atoms with Gasteiger partial charge in [-0.3, -0.25) is 13.7 Å². The van der Waals surface area contributed by atoms with Gasteiger partial charge in [-0.1, -0.05) is 11.6 Å². The molecule has 2 fully saturated rings. The molecule has 0 radical (unpaired) electrons. The fourth-order valence-electron chi connectivity index (χ4n) is 4.32. The predicted molar refractivity (Wildman–Crippen MR) is 112 cm³/mol. The van der Waals surface area contributed by atoms with E-state index < -0.39 is 0 Å². The van der Waals surface area contributed by atoms with Crippen LogP contribution in [0.3, 0.4) is 0 Å². The number of nitrogens with zero attached hydrogens (tertiary/aromatic N) is 4. The van der Waals surface area contributed by atoms with Gasteiger partial charge < -0.3 is 10.2 Å². The Morgan fingerprint density at radius 3 is 2.96 bits per heavy atom. The zero-order valence-corrected chi connectivity index (χ0v) is 16.8. The van der Waals surface area contributed by atoms with Crippen LogP contribution in [0.2, 0.25) is 5.02 Å². The number of aromatic nitrogens is 2. The van der Waals surface area contributed by atoms with Crippen molar-refractivity contribution in [2.45, 2.75) is 18.9 Å². The van der Waals surface area contributed by atoms with E-state index in [-0.39, 0.29) is 22.6 Å². The topological polar surface area (TPSA) is 74.0 Å². The zero-order valence-electron chi connectivity index (χ0n) is 15.3. The molecule has 0 bridgehead atoms. The number of nitrogens with one attached hydrogen (secondary N) is 1. The Morgan fingerprint density at radius 2 is 2.21 bits per heavy atom. The first-order valence-electron chi connectivity index (χ1n) is 9.17. The van der Waals surface area contributed by atoms with Crippen LogP contribution in [-0.2, 0) is 0 Å². The molecule has 5 rings (SSSR count). The van der Waals surface area contributed by atoms with Gasteiger partial charge in [0.15, 0.2) is 5.56 Å². The van der Waals surface area contributed by atoms with Gasteiger partial charge in [-0.25, -0.2) is 0 Å². The molecule has 1 spiro atoms. The molecule has 3 aromatic rings. The van der Waals surface area contributed by atoms with Gasteiger partial charge in [0.1, 0.15) is 11.1 Å². The number of pyridine rings is 1. The van der Waals surface area contributed by atoms with Crippen molar-refractivity contribution < 1.29 is 0 Å². The first-order valence-corrected chi connectivity index (χ1v) is 10.3. The molecular weight excluding hydrogens is 394 g/mol. The lowest BCUT2D eigenvalue weighted by atomic mass is 10.0. The highest BCUT2D eigenvalue weighted by atomic mass is 35.5. The number of anilines is 2. The molecule has 6 nitrogen and oxygen atoms in total. The van der Waals surface area contributed by atoms with E-state index in [1.165, 1.54) is 11.5 Å². The van der Waals surface area contributed by atoms with Gasteiger partial charge in [-0.15, -0.1) is 0 Å². The summed E-state index contributed by atoms with van der Waals surface area (Å²) in [5, 5.41) is 14.8. The van der Waals surface area contributed by atoms with Crippen molar-refractivity contribution in [1.29, 1.82) is 5.26 Å². The SMILES string of the molecule is CN1C[C@@H](n2sc(Nc3c(Cl)ccc4ncccc34)c(C#N)c2=O)C2(CC2)C1. The lowest BCUT2D eigenvalue weighted by Gasteiger charge is -2.17. The van der Waals surface area contributed by atoms with E-state index in [9.17, 15) is 10.1 Å². The Morgan fingerprint density at radius 1 is 1.39 bits per heavy atom. The first-order chi connectivity index (χ1) is 13.5. The Kier molecular flexibility index (Phi) is 3.98. The highest BCUT2D eigenvalue weighted by Gasteiger charge is 2.55. The number of fused-ring (bicyclic) bond motifs is 1. The molecular formula is C20H18ClN5OS. The van der Waals surface area contributed by atoms with Crippen LogP contribution in [0.25, 0.3) is 10.9 Å². The Balaban J connectivity index is 1.60. The molecule has 2 aromatic heterocycles. The van der Waals surface area contributed by atoms with E-state index in [0.717, 1.165) is 36.8 Å². The van der Waals surface area contributed by atoms with Gasteiger partial charge in [0.05, 0.1) is 22.3 Å². The molecule has 0 amide bonds. The minimum atomic E-state index is -0.212. The van der Waals surface area contributed by atoms with E-state index in [2.05, 4.69) is 28.3 Å². The van der Waals surface area contributed by atoms with E-state index in [4.69, 9.17) is 11.6 Å². The summed E-state index contributed by atoms with van der Waals surface area (Å²) in [4.78, 5) is 19.6. The molecule has 1 N–H and O–H groups in total. The monoisotopic (exact) mass is 411 g/mol. The second-order valence-electron chi connectivity index (χ2n) is 7.73. The van der Waals surface area contributed by atoms with Crippen LogP contribution in [0.15, 0.2) is 35.3 Å². The maximum absolute atomic E-state index is 13.0. The first kappa shape index (κ1) is 17.7. The second kappa shape index (κ2) is 6.31. The van der Waals surface area contributed by atoms with Crippen LogP contribution in [0, 0.1) is 16.7 Å². The number of rotatable bonds is 3. The smallest absolute Gasteiger partial charge is 0.281 e. The lowest BCUT2D eigenvalue weighted by Crippen LogP contribution is -2.26. The quantitative estimate of drug-likeness (QED) is 0.705. The maximum atomic E-state index is 13.0. The van der Waals surface area contributed by atoms with E-state index in [1.54, 1.807) is 16.2 Å². The summed E-state index contributed by atoms with van der Waals surface area (Å²) < 4.78 is 1.80. The Bertz CT molecular complexity index is 1190. The number of nitriles is 1. The largest absolute Gasteiger partial charge is 0.343 e. The van der Waals surface area contributed by atoms with Crippen molar-refractivity contribution in [3.05, 3.63) is 51.4 Å². The summed E-state index contributed by atoms with van der Waals surface area (Å²) >= 11 is 7.77. The van der Waals surface area contributed by atoms with Crippen molar-refractivity contribution >= 4 is 44.7 Å². The summed E-state index contributed by atoms with van der Waals surface area (Å²) in [5.74, 6) is 0. The Labute approximate surface area is 171 Å². The summed E-state index contributed by atoms with van der Waals surface area (Å²) in [5.41, 5.74) is 1.59. The lowest BCUT2D eigenvalue weighted by molar-refractivity contribution is 0.388. The van der Waals surface area contributed by atoms with Gasteiger partial charge in [0, 0.05) is 30.1 Å². The maximum Gasteiger partial charge on any atom is 0.281 e.